The summed E-state index contributed by atoms with van der Waals surface area (Å²) in [6, 6.07) is 0.338. The fourth-order valence-corrected chi connectivity index (χ4v) is 3.05. The fourth-order valence-electron chi connectivity index (χ4n) is 2.37. The summed E-state index contributed by atoms with van der Waals surface area (Å²) < 4.78 is 24.4. The van der Waals surface area contributed by atoms with Gasteiger partial charge >= 0.3 is 0 Å². The molecule has 0 spiro atoms. The van der Waals surface area contributed by atoms with Crippen molar-refractivity contribution >= 4 is 25.6 Å². The van der Waals surface area contributed by atoms with Crippen LogP contribution < -0.4 is 0 Å². The Balaban J connectivity index is 2.26. The molecule has 21 heavy (non-hydrogen) atoms. The number of hydrogen-bond donors (Lipinski definition) is 0. The maximum Gasteiger partial charge on any atom is 0.280 e. The number of amides is 1. The number of nitrogens with zero attached hydrogens (tertiary/aromatic N) is 3. The Morgan fingerprint density at radius 2 is 2.14 bits per heavy atom. The van der Waals surface area contributed by atoms with Gasteiger partial charge in [0.05, 0.1) is 0 Å². The standard InChI is InChI=1S/C13H20ClN3O3S/c1-4-17(10-5-6-10)12(18)8-16-7-11(21(14,19)20)15-13(16)9(2)3/h7,9-10H,4-6,8H2,1-3H3. The molecule has 0 aromatic carbocycles. The van der Waals surface area contributed by atoms with Crippen LogP contribution in [0.5, 0.6) is 0 Å². The fraction of sp³-hybridized carbons (Fsp3) is 0.692. The first-order chi connectivity index (χ1) is 9.74. The first kappa shape index (κ1) is 16.3. The van der Waals surface area contributed by atoms with Crippen molar-refractivity contribution in [1.82, 2.24) is 14.5 Å². The van der Waals surface area contributed by atoms with Crippen molar-refractivity contribution in [3.05, 3.63) is 12.0 Å². The first-order valence-electron chi connectivity index (χ1n) is 7.05. The first-order valence-corrected chi connectivity index (χ1v) is 9.36. The molecule has 0 atom stereocenters. The Bertz CT molecular complexity index is 635. The maximum absolute atomic E-state index is 12.4. The van der Waals surface area contributed by atoms with Crippen LogP contribution in [-0.2, 0) is 20.4 Å². The van der Waals surface area contributed by atoms with Gasteiger partial charge < -0.3 is 9.47 Å². The van der Waals surface area contributed by atoms with Crippen LogP contribution in [0.25, 0.3) is 0 Å². The van der Waals surface area contributed by atoms with Crippen LogP contribution >= 0.6 is 10.7 Å². The second-order valence-electron chi connectivity index (χ2n) is 5.57. The van der Waals surface area contributed by atoms with Gasteiger partial charge in [0, 0.05) is 35.4 Å². The van der Waals surface area contributed by atoms with Gasteiger partial charge in [-0.15, -0.1) is 0 Å². The van der Waals surface area contributed by atoms with E-state index < -0.39 is 9.05 Å². The minimum Gasteiger partial charge on any atom is -0.338 e. The van der Waals surface area contributed by atoms with Crippen LogP contribution in [0.15, 0.2) is 11.2 Å². The van der Waals surface area contributed by atoms with E-state index in [2.05, 4.69) is 4.98 Å². The van der Waals surface area contributed by atoms with Crippen LogP contribution in [0.3, 0.4) is 0 Å². The molecule has 1 aromatic rings. The van der Waals surface area contributed by atoms with Crippen LogP contribution in [0, 0.1) is 0 Å². The molecular weight excluding hydrogens is 314 g/mol. The smallest absolute Gasteiger partial charge is 0.280 e. The molecule has 0 unspecified atom stereocenters. The van der Waals surface area contributed by atoms with E-state index >= 15 is 0 Å². The third-order valence-corrected chi connectivity index (χ3v) is 4.68. The lowest BCUT2D eigenvalue weighted by Gasteiger charge is -2.21. The lowest BCUT2D eigenvalue weighted by atomic mass is 10.2. The van der Waals surface area contributed by atoms with Gasteiger partial charge in [0.2, 0.25) is 5.91 Å². The molecular formula is C13H20ClN3O3S. The van der Waals surface area contributed by atoms with E-state index in [-0.39, 0.29) is 23.4 Å². The van der Waals surface area contributed by atoms with Gasteiger partial charge in [-0.2, -0.15) is 0 Å². The predicted molar refractivity (Wildman–Crippen MR) is 79.8 cm³/mol. The molecule has 2 rings (SSSR count). The van der Waals surface area contributed by atoms with Gasteiger partial charge in [0.1, 0.15) is 12.4 Å². The minimum atomic E-state index is -3.89. The largest absolute Gasteiger partial charge is 0.338 e. The van der Waals surface area contributed by atoms with E-state index in [0.717, 1.165) is 12.8 Å². The number of hydrogen-bond acceptors (Lipinski definition) is 4. The highest BCUT2D eigenvalue weighted by atomic mass is 35.7. The van der Waals surface area contributed by atoms with E-state index in [4.69, 9.17) is 10.7 Å². The molecule has 1 fully saturated rings. The Hall–Kier alpha value is -1.08. The van der Waals surface area contributed by atoms with Crippen molar-refractivity contribution in [2.24, 2.45) is 0 Å². The van der Waals surface area contributed by atoms with Gasteiger partial charge in [-0.1, -0.05) is 13.8 Å². The summed E-state index contributed by atoms with van der Waals surface area (Å²) in [5, 5.41) is -0.199. The summed E-state index contributed by atoms with van der Waals surface area (Å²) in [6.45, 7) is 6.49. The van der Waals surface area contributed by atoms with Crippen molar-refractivity contribution in [1.29, 1.82) is 0 Å². The highest BCUT2D eigenvalue weighted by Crippen LogP contribution is 2.27. The summed E-state index contributed by atoms with van der Waals surface area (Å²) in [5.41, 5.74) is 0. The number of aromatic nitrogens is 2. The van der Waals surface area contributed by atoms with Crippen molar-refractivity contribution in [2.75, 3.05) is 6.54 Å². The SMILES string of the molecule is CCN(C(=O)Cn1cc(S(=O)(=O)Cl)nc1C(C)C)C1CC1. The Morgan fingerprint density at radius 3 is 2.57 bits per heavy atom. The topological polar surface area (TPSA) is 72.3 Å². The van der Waals surface area contributed by atoms with E-state index in [1.54, 1.807) is 4.57 Å². The van der Waals surface area contributed by atoms with Crippen LogP contribution in [0.4, 0.5) is 0 Å². The molecule has 118 valence electrons. The average molecular weight is 334 g/mol. The van der Waals surface area contributed by atoms with Crippen molar-refractivity contribution in [3.8, 4) is 0 Å². The van der Waals surface area contributed by atoms with Gasteiger partial charge in [-0.25, -0.2) is 13.4 Å². The molecule has 0 radical (unpaired) electrons. The molecule has 0 bridgehead atoms. The molecule has 1 saturated carbocycles. The number of imidazole rings is 1. The van der Waals surface area contributed by atoms with Gasteiger partial charge in [0.25, 0.3) is 9.05 Å². The molecule has 0 aliphatic heterocycles. The number of halogens is 1. The Kier molecular flexibility index (Phi) is 4.63. The van der Waals surface area contributed by atoms with Gasteiger partial charge in [-0.05, 0) is 19.8 Å². The zero-order chi connectivity index (χ0) is 15.8. The third kappa shape index (κ3) is 3.77. The van der Waals surface area contributed by atoms with Crippen molar-refractivity contribution in [2.45, 2.75) is 57.1 Å². The van der Waals surface area contributed by atoms with Crippen LogP contribution in [0.2, 0.25) is 0 Å². The van der Waals surface area contributed by atoms with Crippen molar-refractivity contribution in [3.63, 3.8) is 0 Å². The highest BCUT2D eigenvalue weighted by Gasteiger charge is 2.32. The highest BCUT2D eigenvalue weighted by molar-refractivity contribution is 8.13. The zero-order valence-corrected chi connectivity index (χ0v) is 14.0. The van der Waals surface area contributed by atoms with E-state index in [0.29, 0.717) is 18.4 Å². The number of rotatable bonds is 6. The molecule has 1 heterocycles. The van der Waals surface area contributed by atoms with Gasteiger partial charge in [-0.3, -0.25) is 4.79 Å². The predicted octanol–water partition coefficient (Wildman–Crippen LogP) is 1.94. The van der Waals surface area contributed by atoms with Crippen LogP contribution in [-0.4, -0.2) is 41.4 Å². The van der Waals surface area contributed by atoms with Gasteiger partial charge in [0.15, 0.2) is 5.03 Å². The quantitative estimate of drug-likeness (QED) is 0.746. The summed E-state index contributed by atoms with van der Waals surface area (Å²) in [4.78, 5) is 18.2. The second-order valence-corrected chi connectivity index (χ2v) is 8.08. The lowest BCUT2D eigenvalue weighted by molar-refractivity contribution is -0.132. The Labute approximate surface area is 129 Å². The number of carbonyl (C=O) groups excluding carboxylic acids is 1. The van der Waals surface area contributed by atoms with Crippen molar-refractivity contribution < 1.29 is 13.2 Å². The third-order valence-electron chi connectivity index (χ3n) is 3.51. The van der Waals surface area contributed by atoms with E-state index in [9.17, 15) is 13.2 Å². The molecule has 0 saturated heterocycles. The van der Waals surface area contributed by atoms with E-state index in [1.165, 1.54) is 6.20 Å². The molecule has 0 N–H and O–H groups in total. The molecule has 1 amide bonds. The molecule has 1 aliphatic rings. The maximum atomic E-state index is 12.4. The molecule has 1 aromatic heterocycles. The summed E-state index contributed by atoms with van der Waals surface area (Å²) >= 11 is 0. The van der Waals surface area contributed by atoms with E-state index in [1.807, 2.05) is 25.7 Å². The number of likely N-dealkylation sites (N-methyl/N-ethyl adjacent to an activating group) is 1. The Morgan fingerprint density at radius 1 is 1.52 bits per heavy atom. The van der Waals surface area contributed by atoms with Crippen LogP contribution in [0.1, 0.15) is 45.4 Å². The molecule has 1 aliphatic carbocycles. The monoisotopic (exact) mass is 333 g/mol. The molecule has 6 nitrogen and oxygen atoms in total. The summed E-state index contributed by atoms with van der Waals surface area (Å²) in [5.74, 6) is 0.535. The lowest BCUT2D eigenvalue weighted by Crippen LogP contribution is -2.35. The zero-order valence-electron chi connectivity index (χ0n) is 12.4. The summed E-state index contributed by atoms with van der Waals surface area (Å²) in [7, 11) is 1.45. The normalized spacial score (nSPS) is 15.5. The summed E-state index contributed by atoms with van der Waals surface area (Å²) in [6.07, 6.45) is 3.43. The minimum absolute atomic E-state index is 0.000896. The average Bonchev–Trinajstić information content (AvgIpc) is 3.08. The second kappa shape index (κ2) is 5.96. The molecule has 8 heteroatoms. The number of carbonyl (C=O) groups is 1.